The maximum Gasteiger partial charge on any atom is 0.248 e. The quantitative estimate of drug-likeness (QED) is 0.785. The van der Waals surface area contributed by atoms with Crippen LogP contribution in [0.1, 0.15) is 29.9 Å². The standard InChI is InChI=1S/C20H22N2O2/c21-15-18(17-9-5-2-6-10-17)13-14-22-20(24)19(23)12-11-16-7-3-1-4-8-16/h1-10,18-19,23H,11-14H2,(H,22,24)/t18-,19+/m1/s1. The first-order valence-electron chi connectivity index (χ1n) is 8.15. The largest absolute Gasteiger partial charge is 0.383 e. The molecule has 0 spiro atoms. The van der Waals surface area contributed by atoms with Gasteiger partial charge in [-0.1, -0.05) is 60.7 Å². The Kier molecular flexibility index (Phi) is 7.00. The molecule has 0 aliphatic carbocycles. The van der Waals surface area contributed by atoms with Gasteiger partial charge in [-0.2, -0.15) is 5.26 Å². The van der Waals surface area contributed by atoms with E-state index >= 15 is 0 Å². The number of aliphatic hydroxyl groups excluding tert-OH is 1. The van der Waals surface area contributed by atoms with Crippen LogP contribution in [0, 0.1) is 11.3 Å². The lowest BCUT2D eigenvalue weighted by Gasteiger charge is -2.13. The lowest BCUT2D eigenvalue weighted by atomic mass is 9.97. The zero-order chi connectivity index (χ0) is 17.2. The first-order valence-corrected chi connectivity index (χ1v) is 8.15. The van der Waals surface area contributed by atoms with Gasteiger partial charge in [-0.15, -0.1) is 0 Å². The number of hydrogen-bond acceptors (Lipinski definition) is 3. The smallest absolute Gasteiger partial charge is 0.248 e. The normalized spacial score (nSPS) is 12.8. The van der Waals surface area contributed by atoms with Crippen LogP contribution in [0.15, 0.2) is 60.7 Å². The van der Waals surface area contributed by atoms with Crippen molar-refractivity contribution in [1.29, 1.82) is 5.26 Å². The predicted molar refractivity (Wildman–Crippen MR) is 93.2 cm³/mol. The third-order valence-corrected chi connectivity index (χ3v) is 3.94. The summed E-state index contributed by atoms with van der Waals surface area (Å²) in [7, 11) is 0. The molecule has 2 aromatic rings. The Hall–Kier alpha value is -2.64. The Morgan fingerprint density at radius 2 is 1.67 bits per heavy atom. The van der Waals surface area contributed by atoms with E-state index in [1.807, 2.05) is 60.7 Å². The van der Waals surface area contributed by atoms with Crippen LogP contribution in [0.2, 0.25) is 0 Å². The number of nitrogens with one attached hydrogen (secondary N) is 1. The van der Waals surface area contributed by atoms with E-state index in [0.29, 0.717) is 25.8 Å². The van der Waals surface area contributed by atoms with E-state index in [2.05, 4.69) is 11.4 Å². The first-order chi connectivity index (χ1) is 11.7. The summed E-state index contributed by atoms with van der Waals surface area (Å²) < 4.78 is 0. The summed E-state index contributed by atoms with van der Waals surface area (Å²) in [6, 6.07) is 21.5. The van der Waals surface area contributed by atoms with Gasteiger partial charge in [0.2, 0.25) is 5.91 Å². The van der Waals surface area contributed by atoms with Gasteiger partial charge in [-0.05, 0) is 30.4 Å². The van der Waals surface area contributed by atoms with Gasteiger partial charge in [0.1, 0.15) is 6.10 Å². The predicted octanol–water partition coefficient (Wildman–Crippen LogP) is 2.79. The van der Waals surface area contributed by atoms with Gasteiger partial charge < -0.3 is 10.4 Å². The second-order valence-electron chi connectivity index (χ2n) is 5.71. The van der Waals surface area contributed by atoms with E-state index in [1.54, 1.807) is 0 Å². The molecule has 0 aliphatic heterocycles. The summed E-state index contributed by atoms with van der Waals surface area (Å²) in [6.45, 7) is 0.369. The van der Waals surface area contributed by atoms with E-state index in [4.69, 9.17) is 0 Å². The average molecular weight is 322 g/mol. The second-order valence-corrected chi connectivity index (χ2v) is 5.71. The highest BCUT2D eigenvalue weighted by atomic mass is 16.3. The number of rotatable bonds is 8. The molecule has 0 aromatic heterocycles. The number of aryl methyl sites for hydroxylation is 1. The molecule has 2 rings (SSSR count). The number of aliphatic hydroxyl groups is 1. The maximum atomic E-state index is 11.9. The summed E-state index contributed by atoms with van der Waals surface area (Å²) in [4.78, 5) is 11.9. The van der Waals surface area contributed by atoms with Crippen LogP contribution >= 0.6 is 0 Å². The van der Waals surface area contributed by atoms with Crippen molar-refractivity contribution in [3.8, 4) is 6.07 Å². The van der Waals surface area contributed by atoms with Crippen molar-refractivity contribution in [3.05, 3.63) is 71.8 Å². The minimum absolute atomic E-state index is 0.257. The Morgan fingerprint density at radius 1 is 1.04 bits per heavy atom. The molecular formula is C20H22N2O2. The number of benzene rings is 2. The summed E-state index contributed by atoms with van der Waals surface area (Å²) in [6.07, 6.45) is 0.538. The van der Waals surface area contributed by atoms with E-state index in [-0.39, 0.29) is 11.8 Å². The molecule has 2 N–H and O–H groups in total. The number of amides is 1. The molecule has 2 aromatic carbocycles. The molecule has 124 valence electrons. The summed E-state index contributed by atoms with van der Waals surface area (Å²) in [5.74, 6) is -0.636. The lowest BCUT2D eigenvalue weighted by molar-refractivity contribution is -0.129. The molecule has 4 heteroatoms. The highest BCUT2D eigenvalue weighted by molar-refractivity contribution is 5.80. The molecule has 24 heavy (non-hydrogen) atoms. The van der Waals surface area contributed by atoms with E-state index in [0.717, 1.165) is 11.1 Å². The Bertz CT molecular complexity index is 665. The minimum Gasteiger partial charge on any atom is -0.383 e. The Labute approximate surface area is 142 Å². The highest BCUT2D eigenvalue weighted by Crippen LogP contribution is 2.17. The van der Waals surface area contributed by atoms with Gasteiger partial charge in [-0.3, -0.25) is 4.79 Å². The molecule has 0 bridgehead atoms. The summed E-state index contributed by atoms with van der Waals surface area (Å²) in [5, 5.41) is 21.9. The monoisotopic (exact) mass is 322 g/mol. The van der Waals surface area contributed by atoms with Crippen LogP contribution in [-0.2, 0) is 11.2 Å². The van der Waals surface area contributed by atoms with Crippen molar-refractivity contribution in [2.24, 2.45) is 0 Å². The van der Waals surface area contributed by atoms with Crippen LogP contribution in [0.5, 0.6) is 0 Å². The molecule has 0 unspecified atom stereocenters. The van der Waals surface area contributed by atoms with Gasteiger partial charge in [0, 0.05) is 6.54 Å². The Balaban J connectivity index is 1.73. The van der Waals surface area contributed by atoms with Crippen molar-refractivity contribution in [2.45, 2.75) is 31.3 Å². The van der Waals surface area contributed by atoms with Gasteiger partial charge in [0.05, 0.1) is 12.0 Å². The van der Waals surface area contributed by atoms with Crippen LogP contribution in [0.4, 0.5) is 0 Å². The molecule has 4 nitrogen and oxygen atoms in total. The Morgan fingerprint density at radius 3 is 2.29 bits per heavy atom. The molecule has 2 atom stereocenters. The van der Waals surface area contributed by atoms with E-state index < -0.39 is 6.10 Å². The third kappa shape index (κ3) is 5.53. The number of nitriles is 1. The van der Waals surface area contributed by atoms with Crippen LogP contribution in [0.3, 0.4) is 0 Å². The fourth-order valence-electron chi connectivity index (χ4n) is 2.53. The van der Waals surface area contributed by atoms with Crippen molar-refractivity contribution in [3.63, 3.8) is 0 Å². The molecule has 0 saturated heterocycles. The van der Waals surface area contributed by atoms with Crippen molar-refractivity contribution >= 4 is 5.91 Å². The SMILES string of the molecule is N#C[C@@H](CCNC(=O)[C@@H](O)CCc1ccccc1)c1ccccc1. The summed E-state index contributed by atoms with van der Waals surface area (Å²) in [5.41, 5.74) is 2.04. The van der Waals surface area contributed by atoms with Gasteiger partial charge in [0.25, 0.3) is 0 Å². The number of nitrogens with zero attached hydrogens (tertiary/aromatic N) is 1. The van der Waals surface area contributed by atoms with E-state index in [1.165, 1.54) is 0 Å². The molecule has 0 heterocycles. The first kappa shape index (κ1) is 17.7. The minimum atomic E-state index is -1.03. The van der Waals surface area contributed by atoms with Crippen LogP contribution in [0.25, 0.3) is 0 Å². The van der Waals surface area contributed by atoms with Crippen molar-refractivity contribution in [2.75, 3.05) is 6.54 Å². The second kappa shape index (κ2) is 9.49. The number of carbonyl (C=O) groups is 1. The number of hydrogen-bond donors (Lipinski definition) is 2. The molecule has 0 radical (unpaired) electrons. The topological polar surface area (TPSA) is 73.1 Å². The maximum absolute atomic E-state index is 11.9. The highest BCUT2D eigenvalue weighted by Gasteiger charge is 2.16. The lowest BCUT2D eigenvalue weighted by Crippen LogP contribution is -2.35. The molecule has 1 amide bonds. The van der Waals surface area contributed by atoms with E-state index in [9.17, 15) is 15.2 Å². The summed E-state index contributed by atoms with van der Waals surface area (Å²) >= 11 is 0. The number of carbonyl (C=O) groups excluding carboxylic acids is 1. The van der Waals surface area contributed by atoms with Crippen molar-refractivity contribution < 1.29 is 9.90 Å². The molecule has 0 saturated carbocycles. The average Bonchev–Trinajstić information content (AvgIpc) is 2.64. The van der Waals surface area contributed by atoms with Crippen LogP contribution in [-0.4, -0.2) is 23.7 Å². The van der Waals surface area contributed by atoms with Gasteiger partial charge in [0.15, 0.2) is 0 Å². The van der Waals surface area contributed by atoms with Crippen LogP contribution < -0.4 is 5.32 Å². The van der Waals surface area contributed by atoms with Gasteiger partial charge in [-0.25, -0.2) is 0 Å². The zero-order valence-corrected chi connectivity index (χ0v) is 13.6. The molecule has 0 fully saturated rings. The molecular weight excluding hydrogens is 300 g/mol. The molecule has 0 aliphatic rings. The van der Waals surface area contributed by atoms with Gasteiger partial charge >= 0.3 is 0 Å². The fourth-order valence-corrected chi connectivity index (χ4v) is 2.53. The fraction of sp³-hybridized carbons (Fsp3) is 0.300. The zero-order valence-electron chi connectivity index (χ0n) is 13.6. The third-order valence-electron chi connectivity index (χ3n) is 3.94. The van der Waals surface area contributed by atoms with Crippen molar-refractivity contribution in [1.82, 2.24) is 5.32 Å².